The normalized spacial score (nSPS) is 20.2. The zero-order chi connectivity index (χ0) is 10.2. The maximum absolute atomic E-state index is 3.64. The molecule has 1 heterocycles. The van der Waals surface area contributed by atoms with E-state index < -0.39 is 0 Å². The van der Waals surface area contributed by atoms with Crippen LogP contribution in [-0.2, 0) is 0 Å². The van der Waals surface area contributed by atoms with E-state index in [-0.39, 0.29) is 0 Å². The van der Waals surface area contributed by atoms with Gasteiger partial charge in [0, 0.05) is 32.7 Å². The third-order valence-electron chi connectivity index (χ3n) is 2.31. The van der Waals surface area contributed by atoms with Crippen molar-refractivity contribution in [1.29, 1.82) is 0 Å². The third-order valence-corrected chi connectivity index (χ3v) is 2.31. The second-order valence-electron chi connectivity index (χ2n) is 3.66. The second kappa shape index (κ2) is 6.57. The molecule has 0 spiro atoms. The highest BCUT2D eigenvalue weighted by molar-refractivity contribution is 5.15. The van der Waals surface area contributed by atoms with Crippen molar-refractivity contribution in [3.8, 4) is 0 Å². The van der Waals surface area contributed by atoms with Gasteiger partial charge in [-0.1, -0.05) is 36.5 Å². The molecule has 1 rings (SSSR count). The fourth-order valence-electron chi connectivity index (χ4n) is 1.57. The quantitative estimate of drug-likeness (QED) is 0.680. The Labute approximate surface area is 87.0 Å². The third kappa shape index (κ3) is 4.40. The Morgan fingerprint density at radius 2 is 2.07 bits per heavy atom. The molecular formula is C12H20N2. The van der Waals surface area contributed by atoms with Crippen LogP contribution in [0.5, 0.6) is 0 Å². The van der Waals surface area contributed by atoms with E-state index >= 15 is 0 Å². The van der Waals surface area contributed by atoms with Crippen LogP contribution in [0.15, 0.2) is 36.5 Å². The van der Waals surface area contributed by atoms with Crippen LogP contribution in [-0.4, -0.2) is 37.6 Å². The summed E-state index contributed by atoms with van der Waals surface area (Å²) in [4.78, 5) is 2.48. The van der Waals surface area contributed by atoms with Crippen molar-refractivity contribution < 1.29 is 0 Å². The first-order chi connectivity index (χ1) is 6.83. The molecule has 1 aliphatic heterocycles. The maximum Gasteiger partial charge on any atom is 0.0194 e. The van der Waals surface area contributed by atoms with E-state index in [0.29, 0.717) is 0 Å². The molecule has 1 fully saturated rings. The molecule has 1 aliphatic rings. The largest absolute Gasteiger partial charge is 0.314 e. The number of allylic oxidation sites excluding steroid dienone is 4. The lowest BCUT2D eigenvalue weighted by molar-refractivity contribution is 0.259. The number of piperazine rings is 1. The van der Waals surface area contributed by atoms with Gasteiger partial charge in [-0.2, -0.15) is 0 Å². The fourth-order valence-corrected chi connectivity index (χ4v) is 1.57. The molecule has 0 unspecified atom stereocenters. The van der Waals surface area contributed by atoms with Crippen molar-refractivity contribution in [2.75, 3.05) is 32.7 Å². The van der Waals surface area contributed by atoms with Crippen LogP contribution < -0.4 is 5.32 Å². The first kappa shape index (κ1) is 11.2. The predicted molar refractivity (Wildman–Crippen MR) is 62.4 cm³/mol. The van der Waals surface area contributed by atoms with Gasteiger partial charge in [-0.25, -0.2) is 0 Å². The predicted octanol–water partition coefficient (Wildman–Crippen LogP) is 1.58. The van der Waals surface area contributed by atoms with E-state index in [1.807, 2.05) is 12.2 Å². The van der Waals surface area contributed by atoms with E-state index in [9.17, 15) is 0 Å². The Bertz CT molecular complexity index is 222. The molecule has 2 heteroatoms. The Balaban J connectivity index is 2.30. The molecule has 0 aliphatic carbocycles. The van der Waals surface area contributed by atoms with E-state index in [1.54, 1.807) is 6.08 Å². The van der Waals surface area contributed by atoms with Crippen LogP contribution in [0, 0.1) is 0 Å². The van der Waals surface area contributed by atoms with Crippen LogP contribution in [0.25, 0.3) is 0 Å². The Kier molecular flexibility index (Phi) is 5.27. The van der Waals surface area contributed by atoms with Crippen molar-refractivity contribution in [3.63, 3.8) is 0 Å². The molecule has 0 bridgehead atoms. The number of hydrogen-bond acceptors (Lipinski definition) is 2. The average molecular weight is 192 g/mol. The lowest BCUT2D eigenvalue weighted by Gasteiger charge is -2.27. The topological polar surface area (TPSA) is 15.3 Å². The number of nitrogens with zero attached hydrogens (tertiary/aromatic N) is 1. The van der Waals surface area contributed by atoms with Gasteiger partial charge in [0.15, 0.2) is 0 Å². The van der Waals surface area contributed by atoms with E-state index in [1.165, 1.54) is 5.57 Å². The summed E-state index contributed by atoms with van der Waals surface area (Å²) in [5.74, 6) is 0. The zero-order valence-corrected chi connectivity index (χ0v) is 9.00. The van der Waals surface area contributed by atoms with Crippen molar-refractivity contribution >= 4 is 0 Å². The van der Waals surface area contributed by atoms with Gasteiger partial charge < -0.3 is 5.32 Å². The van der Waals surface area contributed by atoms with Crippen molar-refractivity contribution in [3.05, 3.63) is 36.5 Å². The maximum atomic E-state index is 3.64. The van der Waals surface area contributed by atoms with E-state index in [2.05, 4.69) is 29.8 Å². The van der Waals surface area contributed by atoms with E-state index in [0.717, 1.165) is 32.7 Å². The molecule has 1 N–H and O–H groups in total. The second-order valence-corrected chi connectivity index (χ2v) is 3.66. The summed E-state index contributed by atoms with van der Waals surface area (Å²) in [6, 6.07) is 0. The lowest BCUT2D eigenvalue weighted by Crippen LogP contribution is -2.43. The standard InChI is InChI=1S/C12H20N2/c1-3-4-5-6-12(2)11-14-9-7-13-8-10-14/h3-6,13H,1,7-11H2,2H3/b5-4-,12-6+. The first-order valence-corrected chi connectivity index (χ1v) is 5.21. The van der Waals surface area contributed by atoms with Gasteiger partial charge in [-0.3, -0.25) is 4.90 Å². The minimum Gasteiger partial charge on any atom is -0.314 e. The molecule has 0 saturated carbocycles. The lowest BCUT2D eigenvalue weighted by atomic mass is 10.2. The molecule has 0 amide bonds. The first-order valence-electron chi connectivity index (χ1n) is 5.21. The molecule has 1 saturated heterocycles. The summed E-state index contributed by atoms with van der Waals surface area (Å²) in [6.45, 7) is 11.5. The Morgan fingerprint density at radius 3 is 2.71 bits per heavy atom. The van der Waals surface area contributed by atoms with Gasteiger partial charge in [-0.15, -0.1) is 0 Å². The van der Waals surface area contributed by atoms with E-state index in [4.69, 9.17) is 0 Å². The van der Waals surface area contributed by atoms with Crippen LogP contribution in [0.2, 0.25) is 0 Å². The molecular weight excluding hydrogens is 172 g/mol. The van der Waals surface area contributed by atoms with Gasteiger partial charge in [0.1, 0.15) is 0 Å². The average Bonchev–Trinajstić information content (AvgIpc) is 2.20. The highest BCUT2D eigenvalue weighted by atomic mass is 15.2. The summed E-state index contributed by atoms with van der Waals surface area (Å²) in [6.07, 6.45) is 7.96. The summed E-state index contributed by atoms with van der Waals surface area (Å²) >= 11 is 0. The van der Waals surface area contributed by atoms with Crippen molar-refractivity contribution in [1.82, 2.24) is 10.2 Å². The van der Waals surface area contributed by atoms with Crippen LogP contribution >= 0.6 is 0 Å². The van der Waals surface area contributed by atoms with Crippen molar-refractivity contribution in [2.45, 2.75) is 6.92 Å². The molecule has 78 valence electrons. The summed E-state index contributed by atoms with van der Waals surface area (Å²) in [5, 5.41) is 3.35. The van der Waals surface area contributed by atoms with Crippen LogP contribution in [0.3, 0.4) is 0 Å². The van der Waals surface area contributed by atoms with Gasteiger partial charge in [0.2, 0.25) is 0 Å². The van der Waals surface area contributed by atoms with Gasteiger partial charge in [0.25, 0.3) is 0 Å². The van der Waals surface area contributed by atoms with Crippen LogP contribution in [0.4, 0.5) is 0 Å². The fraction of sp³-hybridized carbons (Fsp3) is 0.500. The van der Waals surface area contributed by atoms with Crippen LogP contribution in [0.1, 0.15) is 6.92 Å². The molecule has 0 atom stereocenters. The Morgan fingerprint density at radius 1 is 1.36 bits per heavy atom. The van der Waals surface area contributed by atoms with Gasteiger partial charge >= 0.3 is 0 Å². The number of hydrogen-bond donors (Lipinski definition) is 1. The molecule has 0 aromatic heterocycles. The minimum atomic E-state index is 1.09. The van der Waals surface area contributed by atoms with Gasteiger partial charge in [0.05, 0.1) is 0 Å². The SMILES string of the molecule is C=C/C=C\C=C(/C)CN1CCNCC1. The summed E-state index contributed by atoms with van der Waals surface area (Å²) in [5.41, 5.74) is 1.41. The highest BCUT2D eigenvalue weighted by Gasteiger charge is 2.08. The molecule has 2 nitrogen and oxygen atoms in total. The monoisotopic (exact) mass is 192 g/mol. The summed E-state index contributed by atoms with van der Waals surface area (Å²) in [7, 11) is 0. The summed E-state index contributed by atoms with van der Waals surface area (Å²) < 4.78 is 0. The molecule has 0 radical (unpaired) electrons. The highest BCUT2D eigenvalue weighted by Crippen LogP contribution is 2.00. The van der Waals surface area contributed by atoms with Gasteiger partial charge in [-0.05, 0) is 6.92 Å². The minimum absolute atomic E-state index is 1.09. The zero-order valence-electron chi connectivity index (χ0n) is 9.00. The smallest absolute Gasteiger partial charge is 0.0194 e. The van der Waals surface area contributed by atoms with Crippen molar-refractivity contribution in [2.24, 2.45) is 0 Å². The Hall–Kier alpha value is -0.860. The molecule has 0 aromatic carbocycles. The molecule has 14 heavy (non-hydrogen) atoms. The number of rotatable bonds is 4. The molecule has 0 aromatic rings. The number of nitrogens with one attached hydrogen (secondary N) is 1.